The number of carbonyl (C=O) groups is 1. The lowest BCUT2D eigenvalue weighted by Crippen LogP contribution is -2.36. The molecule has 1 unspecified atom stereocenters. The third-order valence-corrected chi connectivity index (χ3v) is 7.60. The van der Waals surface area contributed by atoms with Crippen LogP contribution in [0.25, 0.3) is 10.9 Å². The first-order valence-corrected chi connectivity index (χ1v) is 13.0. The molecule has 0 aliphatic carbocycles. The molecule has 0 bridgehead atoms. The lowest BCUT2D eigenvalue weighted by molar-refractivity contribution is -0.132. The van der Waals surface area contributed by atoms with E-state index in [-0.39, 0.29) is 23.5 Å². The first-order valence-electron chi connectivity index (χ1n) is 13.0. The Morgan fingerprint density at radius 1 is 0.789 bits per heavy atom. The summed E-state index contributed by atoms with van der Waals surface area (Å²) in [6, 6.07) is 29.4. The standard InChI is InChI=1S/C33H28F2N2O/c34-27-13-9-23(10-14-27)20-37-22-31(29-7-3-4-8-32(29)37)30(25-11-15-28(35)16-12-25)19-33(38)36-18-17-24-5-1-2-6-26(24)21-36/h1-16,22,30H,17-21H2. The second-order valence-electron chi connectivity index (χ2n) is 10.00. The normalized spacial score (nSPS) is 13.9. The van der Waals surface area contributed by atoms with Gasteiger partial charge in [0.1, 0.15) is 11.6 Å². The van der Waals surface area contributed by atoms with E-state index < -0.39 is 0 Å². The SMILES string of the molecule is O=C(CC(c1ccc(F)cc1)c1cn(Cc2ccc(F)cc2)c2ccccc12)N1CCc2ccccc2C1. The van der Waals surface area contributed by atoms with Crippen LogP contribution in [0.15, 0.2) is 103 Å². The molecule has 38 heavy (non-hydrogen) atoms. The molecular formula is C33H28F2N2O. The van der Waals surface area contributed by atoms with Gasteiger partial charge in [-0.2, -0.15) is 0 Å². The number of amides is 1. The number of fused-ring (bicyclic) bond motifs is 2. The molecule has 1 aromatic heterocycles. The van der Waals surface area contributed by atoms with Crippen LogP contribution < -0.4 is 0 Å². The fraction of sp³-hybridized carbons (Fsp3) is 0.182. The third kappa shape index (κ3) is 4.84. The minimum absolute atomic E-state index is 0.0872. The Balaban J connectivity index is 1.37. The maximum Gasteiger partial charge on any atom is 0.223 e. The van der Waals surface area contributed by atoms with Crippen molar-refractivity contribution in [3.8, 4) is 0 Å². The van der Waals surface area contributed by atoms with Gasteiger partial charge < -0.3 is 9.47 Å². The smallest absolute Gasteiger partial charge is 0.223 e. The second-order valence-corrected chi connectivity index (χ2v) is 10.00. The van der Waals surface area contributed by atoms with E-state index in [2.05, 4.69) is 35.0 Å². The number of benzene rings is 4. The minimum atomic E-state index is -0.301. The Labute approximate surface area is 221 Å². The first-order chi connectivity index (χ1) is 18.5. The van der Waals surface area contributed by atoms with Crippen molar-refractivity contribution < 1.29 is 13.6 Å². The van der Waals surface area contributed by atoms with Crippen molar-refractivity contribution in [2.45, 2.75) is 31.8 Å². The third-order valence-electron chi connectivity index (χ3n) is 7.60. The van der Waals surface area contributed by atoms with Crippen molar-refractivity contribution in [1.29, 1.82) is 0 Å². The molecule has 0 fully saturated rings. The number of rotatable bonds is 6. The minimum Gasteiger partial charge on any atom is -0.343 e. The monoisotopic (exact) mass is 506 g/mol. The number of aromatic nitrogens is 1. The molecule has 5 heteroatoms. The van der Waals surface area contributed by atoms with Crippen molar-refractivity contribution >= 4 is 16.8 Å². The Bertz CT molecular complexity index is 1590. The maximum absolute atomic E-state index is 13.9. The molecule has 1 aliphatic rings. The molecule has 5 aromatic rings. The van der Waals surface area contributed by atoms with Crippen molar-refractivity contribution in [3.63, 3.8) is 0 Å². The zero-order chi connectivity index (χ0) is 26.1. The molecule has 0 saturated carbocycles. The van der Waals surface area contributed by atoms with Gasteiger partial charge in [-0.25, -0.2) is 8.78 Å². The average molecular weight is 507 g/mol. The van der Waals surface area contributed by atoms with Gasteiger partial charge >= 0.3 is 0 Å². The summed E-state index contributed by atoms with van der Waals surface area (Å²) in [5, 5.41) is 1.06. The molecule has 2 heterocycles. The number of halogens is 2. The molecular weight excluding hydrogens is 478 g/mol. The number of para-hydroxylation sites is 1. The molecule has 1 atom stereocenters. The molecule has 0 radical (unpaired) electrons. The van der Waals surface area contributed by atoms with Gasteiger partial charge in [0.25, 0.3) is 0 Å². The summed E-state index contributed by atoms with van der Waals surface area (Å²) < 4.78 is 29.5. The summed E-state index contributed by atoms with van der Waals surface area (Å²) in [5.41, 5.74) is 6.46. The van der Waals surface area contributed by atoms with Crippen molar-refractivity contribution in [1.82, 2.24) is 9.47 Å². The van der Waals surface area contributed by atoms with Gasteiger partial charge in [0.2, 0.25) is 5.91 Å². The first kappa shape index (κ1) is 24.1. The van der Waals surface area contributed by atoms with E-state index in [1.54, 1.807) is 24.3 Å². The zero-order valence-corrected chi connectivity index (χ0v) is 21.0. The van der Waals surface area contributed by atoms with Gasteiger partial charge in [0.15, 0.2) is 0 Å². The topological polar surface area (TPSA) is 25.2 Å². The van der Waals surface area contributed by atoms with Gasteiger partial charge in [-0.3, -0.25) is 4.79 Å². The Morgan fingerprint density at radius 3 is 2.21 bits per heavy atom. The number of hydrogen-bond donors (Lipinski definition) is 0. The van der Waals surface area contributed by atoms with Crippen LogP contribution in [-0.4, -0.2) is 21.9 Å². The van der Waals surface area contributed by atoms with Gasteiger partial charge in [-0.1, -0.05) is 66.7 Å². The van der Waals surface area contributed by atoms with Gasteiger partial charge in [0, 0.05) is 49.1 Å². The average Bonchev–Trinajstić information content (AvgIpc) is 3.31. The molecule has 1 aliphatic heterocycles. The maximum atomic E-state index is 13.9. The fourth-order valence-electron chi connectivity index (χ4n) is 5.58. The highest BCUT2D eigenvalue weighted by molar-refractivity contribution is 5.87. The largest absolute Gasteiger partial charge is 0.343 e. The Kier molecular flexibility index (Phi) is 6.50. The summed E-state index contributed by atoms with van der Waals surface area (Å²) in [7, 11) is 0. The summed E-state index contributed by atoms with van der Waals surface area (Å²) in [5.74, 6) is -0.712. The molecule has 4 aromatic carbocycles. The molecule has 0 spiro atoms. The van der Waals surface area contributed by atoms with Gasteiger partial charge in [-0.15, -0.1) is 0 Å². The van der Waals surface area contributed by atoms with E-state index in [0.29, 0.717) is 26.1 Å². The summed E-state index contributed by atoms with van der Waals surface area (Å²) in [4.78, 5) is 15.6. The van der Waals surface area contributed by atoms with Crippen molar-refractivity contribution in [2.24, 2.45) is 0 Å². The van der Waals surface area contributed by atoms with Crippen LogP contribution in [-0.2, 0) is 24.3 Å². The van der Waals surface area contributed by atoms with Crippen LogP contribution in [0.1, 0.15) is 40.2 Å². The number of hydrogen-bond acceptors (Lipinski definition) is 1. The summed E-state index contributed by atoms with van der Waals surface area (Å²) in [6.45, 7) is 1.88. The highest BCUT2D eigenvalue weighted by Crippen LogP contribution is 2.36. The van der Waals surface area contributed by atoms with Crippen molar-refractivity contribution in [2.75, 3.05) is 6.54 Å². The zero-order valence-electron chi connectivity index (χ0n) is 21.0. The predicted molar refractivity (Wildman–Crippen MR) is 146 cm³/mol. The van der Waals surface area contributed by atoms with Crippen LogP contribution in [0.5, 0.6) is 0 Å². The number of carbonyl (C=O) groups excluding carboxylic acids is 1. The van der Waals surface area contributed by atoms with Gasteiger partial charge in [0.05, 0.1) is 0 Å². The highest BCUT2D eigenvalue weighted by atomic mass is 19.1. The highest BCUT2D eigenvalue weighted by Gasteiger charge is 2.27. The molecule has 1 amide bonds. The summed E-state index contributed by atoms with van der Waals surface area (Å²) >= 11 is 0. The predicted octanol–water partition coefficient (Wildman–Crippen LogP) is 7.07. The van der Waals surface area contributed by atoms with Gasteiger partial charge in [-0.05, 0) is 64.6 Å². The molecule has 0 N–H and O–H groups in total. The lowest BCUT2D eigenvalue weighted by atomic mass is 9.87. The fourth-order valence-corrected chi connectivity index (χ4v) is 5.58. The Hall–Kier alpha value is -4.25. The number of nitrogens with zero attached hydrogens (tertiary/aromatic N) is 2. The van der Waals surface area contributed by atoms with Crippen LogP contribution >= 0.6 is 0 Å². The molecule has 6 rings (SSSR count). The van der Waals surface area contributed by atoms with E-state index in [1.165, 1.54) is 35.4 Å². The molecule has 0 saturated heterocycles. The van der Waals surface area contributed by atoms with Crippen LogP contribution in [0.2, 0.25) is 0 Å². The lowest BCUT2D eigenvalue weighted by Gasteiger charge is -2.30. The van der Waals surface area contributed by atoms with E-state index in [0.717, 1.165) is 34.0 Å². The second kappa shape index (κ2) is 10.3. The van der Waals surface area contributed by atoms with E-state index in [9.17, 15) is 13.6 Å². The van der Waals surface area contributed by atoms with Crippen molar-refractivity contribution in [3.05, 3.63) is 143 Å². The quantitative estimate of drug-likeness (QED) is 0.242. The summed E-state index contributed by atoms with van der Waals surface area (Å²) in [6.07, 6.45) is 3.24. The Morgan fingerprint density at radius 2 is 1.45 bits per heavy atom. The van der Waals surface area contributed by atoms with E-state index in [4.69, 9.17) is 0 Å². The van der Waals surface area contributed by atoms with E-state index in [1.807, 2.05) is 29.2 Å². The van der Waals surface area contributed by atoms with Crippen LogP contribution in [0.4, 0.5) is 8.78 Å². The van der Waals surface area contributed by atoms with Crippen LogP contribution in [0, 0.1) is 11.6 Å². The van der Waals surface area contributed by atoms with Crippen LogP contribution in [0.3, 0.4) is 0 Å². The van der Waals surface area contributed by atoms with E-state index >= 15 is 0 Å². The molecule has 190 valence electrons. The molecule has 3 nitrogen and oxygen atoms in total.